The number of carbonyl (C=O) groups excluding carboxylic acids is 3. The van der Waals surface area contributed by atoms with E-state index < -0.39 is 17.9 Å². The van der Waals surface area contributed by atoms with Crippen LogP contribution in [0.4, 0.5) is 14.5 Å². The molecule has 1 saturated heterocycles. The van der Waals surface area contributed by atoms with Crippen LogP contribution in [0, 0.1) is 11.8 Å². The number of rotatable bonds is 11. The topological polar surface area (TPSA) is 137 Å². The average Bonchev–Trinajstić information content (AvgIpc) is 3.90. The van der Waals surface area contributed by atoms with Crippen molar-refractivity contribution in [1.29, 1.82) is 0 Å². The summed E-state index contributed by atoms with van der Waals surface area (Å²) >= 11 is 5.96. The van der Waals surface area contributed by atoms with Crippen molar-refractivity contribution < 1.29 is 27.9 Å². The monoisotopic (exact) mass is 753 g/mol. The Morgan fingerprint density at radius 3 is 2.46 bits per heavy atom. The van der Waals surface area contributed by atoms with Gasteiger partial charge in [-0.3, -0.25) is 24.3 Å². The summed E-state index contributed by atoms with van der Waals surface area (Å²) in [6, 6.07) is 17.7. The third-order valence-electron chi connectivity index (χ3n) is 10.5. The van der Waals surface area contributed by atoms with Gasteiger partial charge in [0, 0.05) is 43.2 Å². The molecule has 11 nitrogen and oxygen atoms in total. The molecule has 278 valence electrons. The van der Waals surface area contributed by atoms with Gasteiger partial charge in [0.1, 0.15) is 0 Å². The molecule has 8 rings (SSSR count). The SMILES string of the molecule is NC(=O)c1c(CC2CC2)nc2c(cnn2CC2CCN(C(=O)CCc3ccccc3)CC2)c1-c1ccc2c(c1)OC(F)(F)C(=O)N2Cc1ccc(Cl)cn1. The summed E-state index contributed by atoms with van der Waals surface area (Å²) in [6.45, 7) is 1.62. The standard InChI is InChI=1S/C40H38ClF2N7O4/c41-28-10-11-29(45-20-28)23-49-32-12-9-27(19-33(32)54-40(42,43)39(49)53)35-30-21-46-50(38(30)47-31(18-25-6-7-25)36(35)37(44)52)22-26-14-16-48(17-15-26)34(51)13-8-24-4-2-1-3-5-24/h1-5,9-12,19-21,25-26H,6-8,13-18,22-23H2,(H2,44,52). The average molecular weight is 754 g/mol. The fourth-order valence-electron chi connectivity index (χ4n) is 7.48. The second-order valence-electron chi connectivity index (χ2n) is 14.4. The molecule has 1 aliphatic carbocycles. The minimum Gasteiger partial charge on any atom is -0.423 e. The van der Waals surface area contributed by atoms with E-state index in [1.807, 2.05) is 39.9 Å². The minimum atomic E-state index is -4.15. The van der Waals surface area contributed by atoms with Crippen molar-refractivity contribution >= 4 is 46.0 Å². The number of hydrogen-bond acceptors (Lipinski definition) is 7. The Morgan fingerprint density at radius 2 is 1.76 bits per heavy atom. The van der Waals surface area contributed by atoms with Crippen LogP contribution in [0.3, 0.4) is 0 Å². The maximum atomic E-state index is 15.1. The molecule has 3 aliphatic rings. The zero-order valence-electron chi connectivity index (χ0n) is 29.4. The van der Waals surface area contributed by atoms with Gasteiger partial charge in [-0.1, -0.05) is 48.0 Å². The molecule has 54 heavy (non-hydrogen) atoms. The lowest BCUT2D eigenvalue weighted by molar-refractivity contribution is -0.193. The summed E-state index contributed by atoms with van der Waals surface area (Å²) in [7, 11) is 0. The van der Waals surface area contributed by atoms with E-state index in [4.69, 9.17) is 32.2 Å². The normalized spacial score (nSPS) is 17.1. The molecule has 2 fully saturated rings. The first-order valence-electron chi connectivity index (χ1n) is 18.2. The van der Waals surface area contributed by atoms with Gasteiger partial charge in [0.15, 0.2) is 11.4 Å². The van der Waals surface area contributed by atoms with Gasteiger partial charge in [-0.15, -0.1) is 0 Å². The second-order valence-corrected chi connectivity index (χ2v) is 14.8. The molecule has 2 aromatic carbocycles. The zero-order chi connectivity index (χ0) is 37.6. The second kappa shape index (κ2) is 14.4. The molecule has 5 heterocycles. The van der Waals surface area contributed by atoms with Crippen LogP contribution in [0.25, 0.3) is 22.2 Å². The number of aromatic nitrogens is 4. The lowest BCUT2D eigenvalue weighted by Gasteiger charge is -2.33. The van der Waals surface area contributed by atoms with Gasteiger partial charge in [-0.25, -0.2) is 9.67 Å². The lowest BCUT2D eigenvalue weighted by Crippen LogP contribution is -2.50. The molecule has 0 atom stereocenters. The van der Waals surface area contributed by atoms with E-state index in [9.17, 15) is 14.4 Å². The number of likely N-dealkylation sites (tertiary alicyclic amines) is 1. The minimum absolute atomic E-state index is 0.121. The van der Waals surface area contributed by atoms with Gasteiger partial charge in [0.05, 0.1) is 40.4 Å². The van der Waals surface area contributed by atoms with Gasteiger partial charge in [-0.05, 0) is 85.8 Å². The Morgan fingerprint density at radius 1 is 0.981 bits per heavy atom. The highest BCUT2D eigenvalue weighted by Gasteiger charge is 2.50. The molecular formula is C40H38ClF2N7O4. The van der Waals surface area contributed by atoms with Crippen LogP contribution < -0.4 is 15.4 Å². The number of carbonyl (C=O) groups is 3. The van der Waals surface area contributed by atoms with E-state index in [2.05, 4.69) is 4.98 Å². The van der Waals surface area contributed by atoms with Crippen LogP contribution in [0.15, 0.2) is 73.1 Å². The fraction of sp³-hybridized carbons (Fsp3) is 0.350. The third kappa shape index (κ3) is 7.24. The van der Waals surface area contributed by atoms with E-state index in [0.29, 0.717) is 83.4 Å². The van der Waals surface area contributed by atoms with E-state index >= 15 is 8.78 Å². The predicted octanol–water partition coefficient (Wildman–Crippen LogP) is 6.59. The first-order valence-corrected chi connectivity index (χ1v) is 18.6. The van der Waals surface area contributed by atoms with E-state index in [1.165, 1.54) is 18.3 Å². The summed E-state index contributed by atoms with van der Waals surface area (Å²) in [5.41, 5.74) is 9.77. The molecule has 14 heteroatoms. The molecule has 1 saturated carbocycles. The van der Waals surface area contributed by atoms with Gasteiger partial charge in [0.2, 0.25) is 5.91 Å². The predicted molar refractivity (Wildman–Crippen MR) is 198 cm³/mol. The maximum absolute atomic E-state index is 15.1. The number of pyridine rings is 2. The number of ether oxygens (including phenoxy) is 1. The van der Waals surface area contributed by atoms with Gasteiger partial charge >= 0.3 is 12.0 Å². The first kappa shape index (κ1) is 35.6. The van der Waals surface area contributed by atoms with E-state index in [1.54, 1.807) is 24.4 Å². The highest BCUT2D eigenvalue weighted by Crippen LogP contribution is 2.45. The largest absolute Gasteiger partial charge is 0.482 e. The first-order chi connectivity index (χ1) is 26.0. The molecule has 2 aliphatic heterocycles. The number of alkyl halides is 2. The molecule has 5 aromatic rings. The maximum Gasteiger partial charge on any atom is 0.482 e. The third-order valence-corrected chi connectivity index (χ3v) is 10.8. The highest BCUT2D eigenvalue weighted by atomic mass is 35.5. The highest BCUT2D eigenvalue weighted by molar-refractivity contribution is 6.30. The zero-order valence-corrected chi connectivity index (χ0v) is 30.1. The quantitative estimate of drug-likeness (QED) is 0.161. The number of hydrogen-bond donors (Lipinski definition) is 1. The molecule has 2 N–H and O–H groups in total. The van der Waals surface area contributed by atoms with Crippen LogP contribution >= 0.6 is 11.6 Å². The van der Waals surface area contributed by atoms with Crippen molar-refractivity contribution in [3.05, 3.63) is 101 Å². The Hall–Kier alpha value is -5.43. The number of nitrogens with two attached hydrogens (primary N) is 1. The molecule has 0 spiro atoms. The number of amides is 3. The molecule has 0 bridgehead atoms. The van der Waals surface area contributed by atoms with Crippen LogP contribution in [0.1, 0.15) is 59.4 Å². The van der Waals surface area contributed by atoms with Gasteiger partial charge in [0.25, 0.3) is 5.91 Å². The van der Waals surface area contributed by atoms with Crippen molar-refractivity contribution in [2.45, 2.75) is 64.1 Å². The van der Waals surface area contributed by atoms with Crippen molar-refractivity contribution in [2.24, 2.45) is 17.6 Å². The number of primary amides is 1. The Bertz CT molecular complexity index is 2240. The molecule has 0 unspecified atom stereocenters. The molecule has 3 aromatic heterocycles. The van der Waals surface area contributed by atoms with Crippen LogP contribution in [0.5, 0.6) is 5.75 Å². The number of nitrogens with zero attached hydrogens (tertiary/aromatic N) is 6. The molecular weight excluding hydrogens is 716 g/mol. The summed E-state index contributed by atoms with van der Waals surface area (Å²) in [4.78, 5) is 51.1. The molecule has 0 radical (unpaired) electrons. The number of fused-ring (bicyclic) bond motifs is 2. The van der Waals surface area contributed by atoms with Crippen LogP contribution in [-0.2, 0) is 35.5 Å². The van der Waals surface area contributed by atoms with E-state index in [0.717, 1.165) is 36.1 Å². The number of halogens is 3. The van der Waals surface area contributed by atoms with Crippen molar-refractivity contribution in [3.8, 4) is 16.9 Å². The van der Waals surface area contributed by atoms with Crippen LogP contribution in [-0.4, -0.2) is 61.6 Å². The number of piperidine rings is 1. The summed E-state index contributed by atoms with van der Waals surface area (Å²) in [6.07, 6.45) is 4.18. The van der Waals surface area contributed by atoms with Crippen molar-refractivity contribution in [2.75, 3.05) is 18.0 Å². The van der Waals surface area contributed by atoms with Gasteiger partial charge in [-0.2, -0.15) is 13.9 Å². The van der Waals surface area contributed by atoms with E-state index in [-0.39, 0.29) is 35.4 Å². The van der Waals surface area contributed by atoms with Crippen molar-refractivity contribution in [3.63, 3.8) is 0 Å². The van der Waals surface area contributed by atoms with Crippen molar-refractivity contribution in [1.82, 2.24) is 24.6 Å². The fourth-order valence-corrected chi connectivity index (χ4v) is 7.59. The Kier molecular flexibility index (Phi) is 9.51. The Labute approximate surface area is 315 Å². The summed E-state index contributed by atoms with van der Waals surface area (Å²) in [5, 5.41) is 5.62. The number of anilines is 1. The lowest BCUT2D eigenvalue weighted by atomic mass is 9.93. The number of aryl methyl sites for hydroxylation is 1. The molecule has 3 amide bonds. The number of benzene rings is 2. The summed E-state index contributed by atoms with van der Waals surface area (Å²) < 4.78 is 37.1. The van der Waals surface area contributed by atoms with Crippen LogP contribution in [0.2, 0.25) is 5.02 Å². The smallest absolute Gasteiger partial charge is 0.423 e. The Balaban J connectivity index is 1.09. The van der Waals surface area contributed by atoms with Gasteiger partial charge < -0.3 is 15.4 Å². The summed E-state index contributed by atoms with van der Waals surface area (Å²) in [5.74, 6) is -1.73.